The topological polar surface area (TPSA) is 73.1 Å². The van der Waals surface area contributed by atoms with E-state index in [1.807, 2.05) is 25.1 Å². The van der Waals surface area contributed by atoms with Crippen molar-refractivity contribution in [1.29, 1.82) is 0 Å². The summed E-state index contributed by atoms with van der Waals surface area (Å²) in [7, 11) is 0. The van der Waals surface area contributed by atoms with Crippen LogP contribution in [0.2, 0.25) is 0 Å². The average molecular weight is 276 g/mol. The molecule has 6 heteroatoms. The molecule has 0 saturated heterocycles. The van der Waals surface area contributed by atoms with Crippen LogP contribution in [0.1, 0.15) is 38.3 Å². The number of hydrogen-bond acceptors (Lipinski definition) is 6. The normalized spacial score (nSPS) is 10.5. The molecule has 0 unspecified atom stereocenters. The van der Waals surface area contributed by atoms with Gasteiger partial charge in [0.05, 0.1) is 18.8 Å². The van der Waals surface area contributed by atoms with E-state index in [2.05, 4.69) is 27.4 Å². The van der Waals surface area contributed by atoms with Gasteiger partial charge in [0.2, 0.25) is 11.8 Å². The van der Waals surface area contributed by atoms with E-state index in [1.165, 1.54) is 0 Å². The number of anilines is 1. The Morgan fingerprint density at radius 2 is 2.15 bits per heavy atom. The van der Waals surface area contributed by atoms with E-state index in [0.29, 0.717) is 30.9 Å². The zero-order chi connectivity index (χ0) is 14.2. The third-order valence-corrected chi connectivity index (χ3v) is 2.71. The molecule has 0 fully saturated rings. The van der Waals surface area contributed by atoms with Crippen LogP contribution in [0.25, 0.3) is 0 Å². The summed E-state index contributed by atoms with van der Waals surface area (Å²) in [5.41, 5.74) is 0.865. The van der Waals surface area contributed by atoms with Crippen LogP contribution in [0.4, 0.5) is 6.01 Å². The summed E-state index contributed by atoms with van der Waals surface area (Å²) in [6.45, 7) is 5.19. The number of unbranched alkanes of at least 4 members (excludes halogenated alkanes) is 1. The van der Waals surface area contributed by atoms with Crippen molar-refractivity contribution in [2.75, 3.05) is 11.9 Å². The molecule has 0 spiro atoms. The molecule has 2 aromatic rings. The molecule has 108 valence electrons. The van der Waals surface area contributed by atoms with Gasteiger partial charge in [0, 0.05) is 12.5 Å². The first-order chi connectivity index (χ1) is 9.81. The van der Waals surface area contributed by atoms with Crippen LogP contribution in [-0.2, 0) is 13.0 Å². The van der Waals surface area contributed by atoms with Crippen LogP contribution in [0.5, 0.6) is 5.88 Å². The fourth-order valence-electron chi connectivity index (χ4n) is 1.70. The minimum atomic E-state index is 0.430. The highest BCUT2D eigenvalue weighted by atomic mass is 16.5. The lowest BCUT2D eigenvalue weighted by Crippen LogP contribution is -2.03. The largest absolute Gasteiger partial charge is 0.478 e. The highest BCUT2D eigenvalue weighted by Crippen LogP contribution is 2.11. The third-order valence-electron chi connectivity index (χ3n) is 2.71. The quantitative estimate of drug-likeness (QED) is 0.799. The Bertz CT molecular complexity index is 527. The van der Waals surface area contributed by atoms with Gasteiger partial charge in [0.15, 0.2) is 0 Å². The zero-order valence-corrected chi connectivity index (χ0v) is 11.9. The summed E-state index contributed by atoms with van der Waals surface area (Å²) < 4.78 is 10.8. The lowest BCUT2D eigenvalue weighted by atomic mass is 10.2. The van der Waals surface area contributed by atoms with E-state index < -0.39 is 0 Å². The Morgan fingerprint density at radius 1 is 1.25 bits per heavy atom. The highest BCUT2D eigenvalue weighted by Gasteiger charge is 2.05. The van der Waals surface area contributed by atoms with Crippen LogP contribution in [0.3, 0.4) is 0 Å². The second-order valence-electron chi connectivity index (χ2n) is 4.36. The van der Waals surface area contributed by atoms with Crippen molar-refractivity contribution >= 4 is 6.01 Å². The maximum absolute atomic E-state index is 5.49. The first kappa shape index (κ1) is 14.3. The Morgan fingerprint density at radius 3 is 2.95 bits per heavy atom. The molecule has 0 radical (unpaired) electrons. The van der Waals surface area contributed by atoms with Gasteiger partial charge in [-0.05, 0) is 19.4 Å². The fraction of sp³-hybridized carbons (Fsp3) is 0.500. The van der Waals surface area contributed by atoms with Crippen LogP contribution in [0.15, 0.2) is 22.6 Å². The van der Waals surface area contributed by atoms with Crippen molar-refractivity contribution in [2.45, 2.75) is 39.7 Å². The van der Waals surface area contributed by atoms with Crippen molar-refractivity contribution in [3.05, 3.63) is 29.8 Å². The Hall–Kier alpha value is -2.11. The lowest BCUT2D eigenvalue weighted by Gasteiger charge is -2.04. The van der Waals surface area contributed by atoms with E-state index in [-0.39, 0.29) is 0 Å². The number of aromatic nitrogens is 3. The van der Waals surface area contributed by atoms with Gasteiger partial charge in [-0.25, -0.2) is 4.98 Å². The van der Waals surface area contributed by atoms with Crippen LogP contribution < -0.4 is 10.1 Å². The smallest absolute Gasteiger partial charge is 0.315 e. The maximum Gasteiger partial charge on any atom is 0.315 e. The van der Waals surface area contributed by atoms with Gasteiger partial charge in [-0.1, -0.05) is 24.5 Å². The van der Waals surface area contributed by atoms with Gasteiger partial charge in [-0.3, -0.25) is 0 Å². The Balaban J connectivity index is 1.88. The number of pyridine rings is 1. The minimum Gasteiger partial charge on any atom is -0.478 e. The summed E-state index contributed by atoms with van der Waals surface area (Å²) >= 11 is 0. The molecule has 0 aromatic carbocycles. The molecule has 1 N–H and O–H groups in total. The summed E-state index contributed by atoms with van der Waals surface area (Å²) in [5, 5.41) is 11.0. The second kappa shape index (κ2) is 7.47. The SMILES string of the molecule is CCCCc1nnc(NCc2cccc(OCC)n2)o1. The third kappa shape index (κ3) is 4.22. The van der Waals surface area contributed by atoms with Crippen LogP contribution in [-0.4, -0.2) is 21.8 Å². The van der Waals surface area contributed by atoms with Crippen molar-refractivity contribution in [2.24, 2.45) is 0 Å². The minimum absolute atomic E-state index is 0.430. The summed E-state index contributed by atoms with van der Waals surface area (Å²) in [4.78, 5) is 4.36. The number of nitrogens with one attached hydrogen (secondary N) is 1. The molecule has 0 atom stereocenters. The predicted molar refractivity (Wildman–Crippen MR) is 75.6 cm³/mol. The van der Waals surface area contributed by atoms with E-state index in [0.717, 1.165) is 25.0 Å². The van der Waals surface area contributed by atoms with Crippen LogP contribution >= 0.6 is 0 Å². The lowest BCUT2D eigenvalue weighted by molar-refractivity contribution is 0.326. The van der Waals surface area contributed by atoms with Crippen molar-refractivity contribution in [3.63, 3.8) is 0 Å². The molecule has 0 aliphatic carbocycles. The summed E-state index contributed by atoms with van der Waals surface area (Å²) in [6.07, 6.45) is 2.99. The van der Waals surface area contributed by atoms with Crippen molar-refractivity contribution in [1.82, 2.24) is 15.2 Å². The molecular formula is C14H20N4O2. The average Bonchev–Trinajstić information content (AvgIpc) is 2.92. The van der Waals surface area contributed by atoms with Gasteiger partial charge in [-0.15, -0.1) is 5.10 Å². The van der Waals surface area contributed by atoms with Gasteiger partial charge >= 0.3 is 6.01 Å². The molecule has 2 rings (SSSR count). The number of aryl methyl sites for hydroxylation is 1. The Kier molecular flexibility index (Phi) is 5.34. The number of hydrogen-bond donors (Lipinski definition) is 1. The molecular weight excluding hydrogens is 256 g/mol. The highest BCUT2D eigenvalue weighted by molar-refractivity contribution is 5.22. The molecule has 0 aliphatic heterocycles. The molecule has 0 aliphatic rings. The molecule has 6 nitrogen and oxygen atoms in total. The fourth-order valence-corrected chi connectivity index (χ4v) is 1.70. The standard InChI is InChI=1S/C14H20N4O2/c1-3-5-8-13-17-18-14(20-13)15-10-11-7-6-9-12(16-11)19-4-2/h6-7,9H,3-5,8,10H2,1-2H3,(H,15,18). The molecule has 2 heterocycles. The maximum atomic E-state index is 5.49. The first-order valence-corrected chi connectivity index (χ1v) is 6.96. The van der Waals surface area contributed by atoms with E-state index >= 15 is 0 Å². The Labute approximate surface area is 118 Å². The van der Waals surface area contributed by atoms with Crippen LogP contribution in [0, 0.1) is 0 Å². The first-order valence-electron chi connectivity index (χ1n) is 6.96. The monoisotopic (exact) mass is 276 g/mol. The van der Waals surface area contributed by atoms with Gasteiger partial charge in [0.25, 0.3) is 0 Å². The molecule has 2 aromatic heterocycles. The summed E-state index contributed by atoms with van der Waals surface area (Å²) in [6, 6.07) is 6.10. The van der Waals surface area contributed by atoms with Crippen molar-refractivity contribution in [3.8, 4) is 5.88 Å². The van der Waals surface area contributed by atoms with Gasteiger partial charge in [-0.2, -0.15) is 0 Å². The zero-order valence-electron chi connectivity index (χ0n) is 11.9. The van der Waals surface area contributed by atoms with Crippen molar-refractivity contribution < 1.29 is 9.15 Å². The van der Waals surface area contributed by atoms with E-state index in [1.54, 1.807) is 0 Å². The molecule has 0 saturated carbocycles. The predicted octanol–water partition coefficient (Wildman–Crippen LogP) is 2.82. The molecule has 20 heavy (non-hydrogen) atoms. The number of rotatable bonds is 8. The second-order valence-corrected chi connectivity index (χ2v) is 4.36. The van der Waals surface area contributed by atoms with E-state index in [4.69, 9.17) is 9.15 Å². The van der Waals surface area contributed by atoms with E-state index in [9.17, 15) is 0 Å². The molecule has 0 bridgehead atoms. The van der Waals surface area contributed by atoms with Gasteiger partial charge in [0.1, 0.15) is 0 Å². The van der Waals surface area contributed by atoms with Gasteiger partial charge < -0.3 is 14.5 Å². The molecule has 0 amide bonds. The number of ether oxygens (including phenoxy) is 1. The number of nitrogens with zero attached hydrogens (tertiary/aromatic N) is 3. The summed E-state index contributed by atoms with van der Waals surface area (Å²) in [5.74, 6) is 1.30.